The van der Waals surface area contributed by atoms with Crippen LogP contribution in [0.2, 0.25) is 0 Å². The molecule has 1 N–H and O–H groups in total. The van der Waals surface area contributed by atoms with Gasteiger partial charge in [0.2, 0.25) is 5.88 Å². The second-order valence-electron chi connectivity index (χ2n) is 3.18. The highest BCUT2D eigenvalue weighted by molar-refractivity contribution is 5.00. The Hall–Kier alpha value is -1.07. The van der Waals surface area contributed by atoms with Crippen molar-refractivity contribution >= 4 is 0 Å². The van der Waals surface area contributed by atoms with Gasteiger partial charge in [-0.2, -0.15) is 0 Å². The van der Waals surface area contributed by atoms with Crippen molar-refractivity contribution in [1.29, 1.82) is 0 Å². The Morgan fingerprint density at radius 3 is 2.86 bits per heavy atom. The molecule has 0 aliphatic carbocycles. The molecule has 0 aliphatic rings. The molecule has 14 heavy (non-hydrogen) atoms. The maximum Gasteiger partial charge on any atom is 0.211 e. The minimum atomic E-state index is 0.551. The standard InChI is InChI=1S/C9H17N3O2/c1-12(2)3-4-13-5-6-14-9-7-10-8-11-9/h7-8H,3-6H2,1-2H3,(H,10,11). The SMILES string of the molecule is CN(C)CCOCCOc1cnc[nH]1. The normalized spacial score (nSPS) is 10.8. The molecule has 0 aromatic carbocycles. The third-order valence-corrected chi connectivity index (χ3v) is 1.64. The second-order valence-corrected chi connectivity index (χ2v) is 3.18. The van der Waals surface area contributed by atoms with Crippen molar-refractivity contribution in [2.45, 2.75) is 0 Å². The number of ether oxygens (including phenoxy) is 2. The van der Waals surface area contributed by atoms with Gasteiger partial charge in [-0.1, -0.05) is 0 Å². The summed E-state index contributed by atoms with van der Waals surface area (Å²) in [6, 6.07) is 0. The number of hydrogen-bond acceptors (Lipinski definition) is 4. The van der Waals surface area contributed by atoms with E-state index in [-0.39, 0.29) is 0 Å². The number of aromatic nitrogens is 2. The van der Waals surface area contributed by atoms with E-state index in [4.69, 9.17) is 9.47 Å². The minimum absolute atomic E-state index is 0.551. The molecule has 0 fully saturated rings. The molecule has 1 aromatic rings. The number of aromatic amines is 1. The average molecular weight is 199 g/mol. The van der Waals surface area contributed by atoms with Crippen LogP contribution < -0.4 is 4.74 Å². The number of hydrogen-bond donors (Lipinski definition) is 1. The zero-order valence-corrected chi connectivity index (χ0v) is 8.69. The average Bonchev–Trinajstić information content (AvgIpc) is 2.63. The molecule has 0 saturated heterocycles. The quantitative estimate of drug-likeness (QED) is 0.644. The van der Waals surface area contributed by atoms with Crippen LogP contribution in [0.5, 0.6) is 5.88 Å². The zero-order valence-electron chi connectivity index (χ0n) is 8.69. The summed E-state index contributed by atoms with van der Waals surface area (Å²) >= 11 is 0. The molecular formula is C9H17N3O2. The van der Waals surface area contributed by atoms with Crippen LogP contribution in [0.15, 0.2) is 12.5 Å². The summed E-state index contributed by atoms with van der Waals surface area (Å²) in [6.07, 6.45) is 3.22. The molecule has 0 aliphatic heterocycles. The summed E-state index contributed by atoms with van der Waals surface area (Å²) in [4.78, 5) is 8.76. The first kappa shape index (κ1) is 11.0. The van der Waals surface area contributed by atoms with Crippen molar-refractivity contribution in [3.63, 3.8) is 0 Å². The third-order valence-electron chi connectivity index (χ3n) is 1.64. The van der Waals surface area contributed by atoms with E-state index >= 15 is 0 Å². The van der Waals surface area contributed by atoms with Gasteiger partial charge in [-0.05, 0) is 14.1 Å². The van der Waals surface area contributed by atoms with E-state index in [1.54, 1.807) is 12.5 Å². The van der Waals surface area contributed by atoms with E-state index < -0.39 is 0 Å². The molecule has 0 unspecified atom stereocenters. The van der Waals surface area contributed by atoms with Crippen molar-refractivity contribution in [2.75, 3.05) is 40.5 Å². The van der Waals surface area contributed by atoms with Crippen molar-refractivity contribution in [2.24, 2.45) is 0 Å². The Morgan fingerprint density at radius 2 is 2.21 bits per heavy atom. The van der Waals surface area contributed by atoms with Crippen LogP contribution in [-0.4, -0.2) is 55.3 Å². The lowest BCUT2D eigenvalue weighted by molar-refractivity contribution is 0.0878. The third kappa shape index (κ3) is 4.84. The van der Waals surface area contributed by atoms with Crippen LogP contribution in [-0.2, 0) is 4.74 Å². The summed E-state index contributed by atoms with van der Waals surface area (Å²) in [6.45, 7) is 2.83. The Bertz CT molecular complexity index is 224. The van der Waals surface area contributed by atoms with E-state index in [0.717, 1.165) is 13.2 Å². The lowest BCUT2D eigenvalue weighted by Gasteiger charge is -2.09. The highest BCUT2D eigenvalue weighted by Crippen LogP contribution is 2.00. The zero-order chi connectivity index (χ0) is 10.2. The molecule has 0 radical (unpaired) electrons. The van der Waals surface area contributed by atoms with Crippen LogP contribution in [0.25, 0.3) is 0 Å². The van der Waals surface area contributed by atoms with Crippen LogP contribution in [0, 0.1) is 0 Å². The molecule has 0 bridgehead atoms. The fraction of sp³-hybridized carbons (Fsp3) is 0.667. The molecule has 5 nitrogen and oxygen atoms in total. The number of H-pyrrole nitrogens is 1. The van der Waals surface area contributed by atoms with Gasteiger partial charge in [0.25, 0.3) is 0 Å². The molecule has 0 amide bonds. The van der Waals surface area contributed by atoms with Crippen LogP contribution in [0.1, 0.15) is 0 Å². The molecule has 1 heterocycles. The lowest BCUT2D eigenvalue weighted by atomic mass is 10.6. The van der Waals surface area contributed by atoms with Gasteiger partial charge in [-0.25, -0.2) is 4.98 Å². The summed E-state index contributed by atoms with van der Waals surface area (Å²) in [5.41, 5.74) is 0. The Kier molecular flexibility index (Phi) is 5.03. The van der Waals surface area contributed by atoms with E-state index in [2.05, 4.69) is 14.9 Å². The summed E-state index contributed by atoms with van der Waals surface area (Å²) in [5, 5.41) is 0. The van der Waals surface area contributed by atoms with Crippen molar-refractivity contribution in [3.8, 4) is 5.88 Å². The smallest absolute Gasteiger partial charge is 0.211 e. The number of rotatable bonds is 7. The van der Waals surface area contributed by atoms with E-state index in [1.165, 1.54) is 0 Å². The van der Waals surface area contributed by atoms with Gasteiger partial charge in [0.15, 0.2) is 0 Å². The maximum absolute atomic E-state index is 5.34. The molecule has 1 rings (SSSR count). The Balaban J connectivity index is 1.90. The van der Waals surface area contributed by atoms with Crippen molar-refractivity contribution in [1.82, 2.24) is 14.9 Å². The van der Waals surface area contributed by atoms with Gasteiger partial charge in [0.05, 0.1) is 25.7 Å². The lowest BCUT2D eigenvalue weighted by Crippen LogP contribution is -2.19. The van der Waals surface area contributed by atoms with Crippen molar-refractivity contribution in [3.05, 3.63) is 12.5 Å². The molecule has 0 spiro atoms. The van der Waals surface area contributed by atoms with E-state index in [1.807, 2.05) is 14.1 Å². The van der Waals surface area contributed by atoms with E-state index in [9.17, 15) is 0 Å². The fourth-order valence-corrected chi connectivity index (χ4v) is 0.882. The number of likely N-dealkylation sites (N-methyl/N-ethyl adjacent to an activating group) is 1. The summed E-state index contributed by atoms with van der Waals surface area (Å²) < 4.78 is 10.6. The van der Waals surface area contributed by atoms with Gasteiger partial charge in [-0.15, -0.1) is 0 Å². The Labute approximate surface area is 84.0 Å². The monoisotopic (exact) mass is 199 g/mol. The largest absolute Gasteiger partial charge is 0.475 e. The van der Waals surface area contributed by atoms with Crippen LogP contribution in [0.4, 0.5) is 0 Å². The van der Waals surface area contributed by atoms with Gasteiger partial charge in [0.1, 0.15) is 6.61 Å². The molecule has 5 heteroatoms. The predicted octanol–water partition coefficient (Wildman–Crippen LogP) is 0.367. The number of imidazole rings is 1. The molecular weight excluding hydrogens is 182 g/mol. The Morgan fingerprint density at radius 1 is 1.36 bits per heavy atom. The van der Waals surface area contributed by atoms with Gasteiger partial charge >= 0.3 is 0 Å². The predicted molar refractivity (Wildman–Crippen MR) is 53.5 cm³/mol. The maximum atomic E-state index is 5.34. The van der Waals surface area contributed by atoms with Gasteiger partial charge in [0, 0.05) is 6.54 Å². The highest BCUT2D eigenvalue weighted by Gasteiger charge is 1.94. The van der Waals surface area contributed by atoms with Crippen LogP contribution >= 0.6 is 0 Å². The number of nitrogens with zero attached hydrogens (tertiary/aromatic N) is 2. The first-order valence-electron chi connectivity index (χ1n) is 4.62. The number of nitrogens with one attached hydrogen (secondary N) is 1. The second kappa shape index (κ2) is 6.39. The van der Waals surface area contributed by atoms with Crippen molar-refractivity contribution < 1.29 is 9.47 Å². The first-order chi connectivity index (χ1) is 6.79. The van der Waals surface area contributed by atoms with Gasteiger partial charge in [-0.3, -0.25) is 0 Å². The minimum Gasteiger partial charge on any atom is -0.475 e. The van der Waals surface area contributed by atoms with Gasteiger partial charge < -0.3 is 19.4 Å². The topological polar surface area (TPSA) is 50.4 Å². The summed E-state index contributed by atoms with van der Waals surface area (Å²) in [7, 11) is 4.04. The van der Waals surface area contributed by atoms with E-state index in [0.29, 0.717) is 19.1 Å². The molecule has 80 valence electrons. The fourth-order valence-electron chi connectivity index (χ4n) is 0.882. The van der Waals surface area contributed by atoms with Crippen LogP contribution in [0.3, 0.4) is 0 Å². The molecule has 0 atom stereocenters. The first-order valence-corrected chi connectivity index (χ1v) is 4.62. The molecule has 0 saturated carbocycles. The molecule has 1 aromatic heterocycles. The highest BCUT2D eigenvalue weighted by atomic mass is 16.5. The summed E-state index contributed by atoms with van der Waals surface area (Å²) in [5.74, 6) is 0.682.